The molecule has 1 aromatic heterocycles. The van der Waals surface area contributed by atoms with Gasteiger partial charge in [-0.2, -0.15) is 5.10 Å². The fraction of sp³-hybridized carbons (Fsp3) is 0.0909. The number of rotatable bonds is 4. The maximum absolute atomic E-state index is 11.0. The molecule has 0 unspecified atom stereocenters. The zero-order valence-corrected chi connectivity index (χ0v) is 9.81. The first-order valence-electron chi connectivity index (χ1n) is 5.15. The van der Waals surface area contributed by atoms with Crippen molar-refractivity contribution in [3.8, 4) is 11.5 Å². The van der Waals surface area contributed by atoms with Gasteiger partial charge < -0.3 is 9.84 Å². The van der Waals surface area contributed by atoms with Crippen molar-refractivity contribution in [3.63, 3.8) is 0 Å². The van der Waals surface area contributed by atoms with Crippen LogP contribution in [0.25, 0.3) is 0 Å². The van der Waals surface area contributed by atoms with Crippen molar-refractivity contribution < 1.29 is 19.6 Å². The van der Waals surface area contributed by atoms with Crippen molar-refractivity contribution in [1.82, 2.24) is 9.78 Å². The summed E-state index contributed by atoms with van der Waals surface area (Å²) in [6, 6.07) is 3.53. The standard InChI is InChI=1S/C11H9N3O5/c1-13-6-8(5-12-13)19-7-2-3-10(14(17)18)9(4-7)11(15)16/h2-6H,1H3,(H,15,16). The lowest BCUT2D eigenvalue weighted by Crippen LogP contribution is -2.02. The predicted molar refractivity (Wildman–Crippen MR) is 63.3 cm³/mol. The summed E-state index contributed by atoms with van der Waals surface area (Å²) in [4.78, 5) is 20.9. The van der Waals surface area contributed by atoms with E-state index >= 15 is 0 Å². The molecule has 0 aliphatic carbocycles. The minimum absolute atomic E-state index is 0.191. The molecule has 0 aliphatic heterocycles. The molecular weight excluding hydrogens is 254 g/mol. The minimum atomic E-state index is -1.39. The summed E-state index contributed by atoms with van der Waals surface area (Å²) in [5.74, 6) is -0.785. The molecule has 0 saturated heterocycles. The van der Waals surface area contributed by atoms with Gasteiger partial charge in [-0.05, 0) is 6.07 Å². The fourth-order valence-electron chi connectivity index (χ4n) is 1.50. The number of carboxylic acid groups (broad SMARTS) is 1. The van der Waals surface area contributed by atoms with Crippen molar-refractivity contribution in [2.45, 2.75) is 0 Å². The lowest BCUT2D eigenvalue weighted by Gasteiger charge is -2.04. The highest BCUT2D eigenvalue weighted by atomic mass is 16.6. The van der Waals surface area contributed by atoms with Gasteiger partial charge in [-0.3, -0.25) is 14.8 Å². The van der Waals surface area contributed by atoms with Crippen LogP contribution in [-0.2, 0) is 7.05 Å². The van der Waals surface area contributed by atoms with Gasteiger partial charge in [0.15, 0.2) is 5.75 Å². The highest BCUT2D eigenvalue weighted by Crippen LogP contribution is 2.27. The molecule has 2 aromatic rings. The molecule has 0 amide bonds. The Kier molecular flexibility index (Phi) is 3.15. The second kappa shape index (κ2) is 4.77. The molecule has 0 radical (unpaired) electrons. The lowest BCUT2D eigenvalue weighted by atomic mass is 10.1. The Morgan fingerprint density at radius 1 is 1.47 bits per heavy atom. The smallest absolute Gasteiger partial charge is 0.342 e. The molecule has 1 N–H and O–H groups in total. The summed E-state index contributed by atoms with van der Waals surface area (Å²) in [5.41, 5.74) is -0.905. The van der Waals surface area contributed by atoms with Crippen LogP contribution in [0.2, 0.25) is 0 Å². The van der Waals surface area contributed by atoms with Crippen molar-refractivity contribution in [2.24, 2.45) is 7.05 Å². The van der Waals surface area contributed by atoms with Gasteiger partial charge in [-0.25, -0.2) is 4.79 Å². The minimum Gasteiger partial charge on any atom is -0.477 e. The van der Waals surface area contributed by atoms with Crippen molar-refractivity contribution in [2.75, 3.05) is 0 Å². The number of nitrogens with zero attached hydrogens (tertiary/aromatic N) is 3. The van der Waals surface area contributed by atoms with Gasteiger partial charge in [-0.1, -0.05) is 0 Å². The first-order chi connectivity index (χ1) is 8.97. The van der Waals surface area contributed by atoms with Crippen LogP contribution >= 0.6 is 0 Å². The van der Waals surface area contributed by atoms with Gasteiger partial charge in [0, 0.05) is 19.2 Å². The van der Waals surface area contributed by atoms with Gasteiger partial charge in [0.25, 0.3) is 5.69 Å². The molecule has 0 spiro atoms. The van der Waals surface area contributed by atoms with Gasteiger partial charge in [0.1, 0.15) is 11.3 Å². The summed E-state index contributed by atoms with van der Waals surface area (Å²) in [6.45, 7) is 0. The van der Waals surface area contributed by atoms with Crippen molar-refractivity contribution >= 4 is 11.7 Å². The van der Waals surface area contributed by atoms with E-state index in [1.54, 1.807) is 13.2 Å². The highest BCUT2D eigenvalue weighted by molar-refractivity contribution is 5.92. The van der Waals surface area contributed by atoms with E-state index in [0.29, 0.717) is 5.75 Å². The van der Waals surface area contributed by atoms with Crippen molar-refractivity contribution in [1.29, 1.82) is 0 Å². The number of nitro benzene ring substituents is 1. The molecule has 0 fully saturated rings. The van der Waals surface area contributed by atoms with Gasteiger partial charge in [0.2, 0.25) is 0 Å². The van der Waals surface area contributed by atoms with Crippen LogP contribution < -0.4 is 4.74 Å². The number of aryl methyl sites for hydroxylation is 1. The Hall–Kier alpha value is -2.90. The summed E-state index contributed by atoms with van der Waals surface area (Å²) in [5, 5.41) is 23.5. The van der Waals surface area contributed by atoms with Crippen LogP contribution in [0.15, 0.2) is 30.6 Å². The third-order valence-electron chi connectivity index (χ3n) is 2.31. The highest BCUT2D eigenvalue weighted by Gasteiger charge is 2.20. The van der Waals surface area contributed by atoms with E-state index in [4.69, 9.17) is 9.84 Å². The SMILES string of the molecule is Cn1cc(Oc2ccc([N+](=O)[O-])c(C(=O)O)c2)cn1. The summed E-state index contributed by atoms with van der Waals surface area (Å²) in [7, 11) is 1.70. The van der Waals surface area contributed by atoms with E-state index in [1.807, 2.05) is 0 Å². The number of nitro groups is 1. The summed E-state index contributed by atoms with van der Waals surface area (Å²) < 4.78 is 6.87. The summed E-state index contributed by atoms with van der Waals surface area (Å²) >= 11 is 0. The number of ether oxygens (including phenoxy) is 1. The molecule has 19 heavy (non-hydrogen) atoms. The average Bonchev–Trinajstić information content (AvgIpc) is 2.74. The maximum atomic E-state index is 11.0. The molecule has 8 nitrogen and oxygen atoms in total. The second-order valence-electron chi connectivity index (χ2n) is 3.69. The van der Waals surface area contributed by atoms with E-state index < -0.39 is 22.1 Å². The maximum Gasteiger partial charge on any atom is 0.342 e. The Morgan fingerprint density at radius 3 is 2.74 bits per heavy atom. The van der Waals surface area contributed by atoms with E-state index in [2.05, 4.69) is 5.10 Å². The molecule has 1 heterocycles. The second-order valence-corrected chi connectivity index (χ2v) is 3.69. The first-order valence-corrected chi connectivity index (χ1v) is 5.15. The van der Waals surface area contributed by atoms with Crippen molar-refractivity contribution in [3.05, 3.63) is 46.3 Å². The van der Waals surface area contributed by atoms with Crippen LogP contribution in [0.5, 0.6) is 11.5 Å². The number of carbonyl (C=O) groups is 1. The third kappa shape index (κ3) is 2.68. The van der Waals surface area contributed by atoms with Gasteiger partial charge >= 0.3 is 5.97 Å². The Morgan fingerprint density at radius 2 is 2.21 bits per heavy atom. The average molecular weight is 263 g/mol. The van der Waals surface area contributed by atoms with Crippen LogP contribution in [0.4, 0.5) is 5.69 Å². The van der Waals surface area contributed by atoms with Crippen LogP contribution in [0, 0.1) is 10.1 Å². The quantitative estimate of drug-likeness (QED) is 0.665. The molecule has 0 aliphatic rings. The van der Waals surface area contributed by atoms with Crippen LogP contribution in [-0.4, -0.2) is 25.8 Å². The Bertz CT molecular complexity index is 650. The van der Waals surface area contributed by atoms with E-state index in [9.17, 15) is 14.9 Å². The lowest BCUT2D eigenvalue weighted by molar-refractivity contribution is -0.385. The number of aromatic nitrogens is 2. The largest absolute Gasteiger partial charge is 0.477 e. The molecule has 0 saturated carbocycles. The van der Waals surface area contributed by atoms with Crippen LogP contribution in [0.1, 0.15) is 10.4 Å². The van der Waals surface area contributed by atoms with E-state index in [1.165, 1.54) is 16.9 Å². The zero-order chi connectivity index (χ0) is 14.0. The number of hydrogen-bond acceptors (Lipinski definition) is 5. The fourth-order valence-corrected chi connectivity index (χ4v) is 1.50. The number of benzene rings is 1. The Balaban J connectivity index is 2.35. The van der Waals surface area contributed by atoms with Gasteiger partial charge in [-0.15, -0.1) is 0 Å². The molecule has 0 atom stereocenters. The van der Waals surface area contributed by atoms with Gasteiger partial charge in [0.05, 0.1) is 17.3 Å². The first kappa shape index (κ1) is 12.6. The molecule has 0 bridgehead atoms. The Labute approximate surface area is 107 Å². The monoisotopic (exact) mass is 263 g/mol. The van der Waals surface area contributed by atoms with E-state index in [-0.39, 0.29) is 5.75 Å². The topological polar surface area (TPSA) is 107 Å². The number of hydrogen-bond donors (Lipinski definition) is 1. The molecule has 2 rings (SSSR count). The normalized spacial score (nSPS) is 10.2. The molecular formula is C11H9N3O5. The number of carboxylic acids is 1. The van der Waals surface area contributed by atoms with Crippen LogP contribution in [0.3, 0.4) is 0 Å². The van der Waals surface area contributed by atoms with E-state index in [0.717, 1.165) is 12.1 Å². The predicted octanol–water partition coefficient (Wildman–Crippen LogP) is 1.82. The molecule has 1 aromatic carbocycles. The molecule has 8 heteroatoms. The molecule has 98 valence electrons. The third-order valence-corrected chi connectivity index (χ3v) is 2.31. The summed E-state index contributed by atoms with van der Waals surface area (Å²) in [6.07, 6.45) is 3.03. The number of aromatic carboxylic acids is 1. The zero-order valence-electron chi connectivity index (χ0n) is 9.81.